The number of hydrogen-bond donors (Lipinski definition) is 3. The molecule has 0 atom stereocenters. The monoisotopic (exact) mass is 276 g/mol. The van der Waals surface area contributed by atoms with Gasteiger partial charge in [0.15, 0.2) is 0 Å². The minimum atomic E-state index is -1.13. The van der Waals surface area contributed by atoms with Gasteiger partial charge in [-0.2, -0.15) is 0 Å². The number of carbonyl (C=O) groups is 2. The highest BCUT2D eigenvalue weighted by Gasteiger charge is 2.42. The maximum absolute atomic E-state index is 12.2. The van der Waals surface area contributed by atoms with E-state index < -0.39 is 11.5 Å². The fourth-order valence-corrected chi connectivity index (χ4v) is 2.57. The van der Waals surface area contributed by atoms with Crippen molar-refractivity contribution in [2.45, 2.75) is 38.1 Å². The van der Waals surface area contributed by atoms with Crippen LogP contribution in [0.2, 0.25) is 0 Å². The number of rotatable bonds is 3. The highest BCUT2D eigenvalue weighted by molar-refractivity contribution is 5.98. The first-order valence-corrected chi connectivity index (χ1v) is 6.84. The predicted molar refractivity (Wildman–Crippen MR) is 76.3 cm³/mol. The molecular weight excluding hydrogens is 256 g/mol. The van der Waals surface area contributed by atoms with E-state index in [2.05, 4.69) is 12.2 Å². The van der Waals surface area contributed by atoms with Crippen LogP contribution in [0, 0.1) is 5.92 Å². The van der Waals surface area contributed by atoms with Gasteiger partial charge in [-0.15, -0.1) is 0 Å². The normalized spacial score (nSPS) is 25.9. The molecule has 5 heteroatoms. The molecule has 2 rings (SSSR count). The molecule has 0 aromatic heterocycles. The summed E-state index contributed by atoms with van der Waals surface area (Å²) in [4.78, 5) is 23.8. The van der Waals surface area contributed by atoms with Gasteiger partial charge in [0, 0.05) is 11.3 Å². The van der Waals surface area contributed by atoms with Crippen molar-refractivity contribution in [1.82, 2.24) is 5.32 Å². The molecule has 4 N–H and O–H groups in total. The SMILES string of the molecule is CC1CCC(NC(=O)c2ccc(N)cc2)(C(=O)O)CC1. The van der Waals surface area contributed by atoms with Gasteiger partial charge in [0.05, 0.1) is 0 Å². The smallest absolute Gasteiger partial charge is 0.329 e. The van der Waals surface area contributed by atoms with Crippen molar-refractivity contribution in [2.24, 2.45) is 5.92 Å². The second-order valence-corrected chi connectivity index (χ2v) is 5.65. The maximum Gasteiger partial charge on any atom is 0.329 e. The second kappa shape index (κ2) is 5.53. The summed E-state index contributed by atoms with van der Waals surface area (Å²) in [7, 11) is 0. The first-order chi connectivity index (χ1) is 9.43. The highest BCUT2D eigenvalue weighted by Crippen LogP contribution is 2.32. The molecule has 0 saturated heterocycles. The van der Waals surface area contributed by atoms with Crippen molar-refractivity contribution in [3.8, 4) is 0 Å². The Morgan fingerprint density at radius 1 is 1.25 bits per heavy atom. The summed E-state index contributed by atoms with van der Waals surface area (Å²) in [5, 5.41) is 12.2. The standard InChI is InChI=1S/C15H20N2O3/c1-10-6-8-15(9-7-10,14(19)20)17-13(18)11-2-4-12(16)5-3-11/h2-5,10H,6-9,16H2,1H3,(H,17,18)(H,19,20). The van der Waals surface area contributed by atoms with E-state index in [1.807, 2.05) is 0 Å². The Labute approximate surface area is 118 Å². The topological polar surface area (TPSA) is 92.4 Å². The molecular formula is C15H20N2O3. The maximum atomic E-state index is 12.2. The first kappa shape index (κ1) is 14.4. The van der Waals surface area contributed by atoms with Crippen molar-refractivity contribution < 1.29 is 14.7 Å². The molecule has 1 amide bonds. The van der Waals surface area contributed by atoms with Gasteiger partial charge in [-0.25, -0.2) is 4.79 Å². The van der Waals surface area contributed by atoms with E-state index in [9.17, 15) is 14.7 Å². The lowest BCUT2D eigenvalue weighted by Crippen LogP contribution is -2.56. The van der Waals surface area contributed by atoms with Crippen LogP contribution >= 0.6 is 0 Å². The van der Waals surface area contributed by atoms with Crippen molar-refractivity contribution in [1.29, 1.82) is 0 Å². The lowest BCUT2D eigenvalue weighted by Gasteiger charge is -2.36. The Hall–Kier alpha value is -2.04. The average Bonchev–Trinajstić information content (AvgIpc) is 2.42. The largest absolute Gasteiger partial charge is 0.480 e. The number of hydrogen-bond acceptors (Lipinski definition) is 3. The molecule has 1 aromatic carbocycles. The Balaban J connectivity index is 2.14. The third-order valence-corrected chi connectivity index (χ3v) is 4.06. The minimum Gasteiger partial charge on any atom is -0.480 e. The van der Waals surface area contributed by atoms with E-state index >= 15 is 0 Å². The predicted octanol–water partition coefficient (Wildman–Crippen LogP) is 2.03. The van der Waals surface area contributed by atoms with E-state index in [-0.39, 0.29) is 5.91 Å². The Bertz CT molecular complexity index is 502. The van der Waals surface area contributed by atoms with Gasteiger partial charge in [-0.05, 0) is 55.9 Å². The van der Waals surface area contributed by atoms with E-state index in [0.29, 0.717) is 30.0 Å². The second-order valence-electron chi connectivity index (χ2n) is 5.65. The minimum absolute atomic E-state index is 0.359. The number of carboxylic acid groups (broad SMARTS) is 1. The van der Waals surface area contributed by atoms with Crippen LogP contribution in [0.3, 0.4) is 0 Å². The number of amides is 1. The Morgan fingerprint density at radius 2 is 1.80 bits per heavy atom. The molecule has 0 unspecified atom stereocenters. The number of aliphatic carboxylic acids is 1. The lowest BCUT2D eigenvalue weighted by atomic mass is 9.77. The van der Waals surface area contributed by atoms with Crippen molar-refractivity contribution >= 4 is 17.6 Å². The number of carbonyl (C=O) groups excluding carboxylic acids is 1. The summed E-state index contributed by atoms with van der Waals surface area (Å²) in [5.41, 5.74) is 5.44. The molecule has 1 fully saturated rings. The fraction of sp³-hybridized carbons (Fsp3) is 0.467. The number of nitrogens with two attached hydrogens (primary N) is 1. The Morgan fingerprint density at radius 3 is 2.30 bits per heavy atom. The molecule has 1 saturated carbocycles. The van der Waals surface area contributed by atoms with Crippen molar-refractivity contribution in [2.75, 3.05) is 5.73 Å². The summed E-state index contributed by atoms with van der Waals surface area (Å²) >= 11 is 0. The van der Waals surface area contributed by atoms with Crippen LogP contribution in [0.25, 0.3) is 0 Å². The molecule has 0 aliphatic heterocycles. The van der Waals surface area contributed by atoms with E-state index in [1.165, 1.54) is 0 Å². The van der Waals surface area contributed by atoms with E-state index in [4.69, 9.17) is 5.73 Å². The molecule has 0 heterocycles. The van der Waals surface area contributed by atoms with Crippen LogP contribution in [-0.2, 0) is 4.79 Å². The molecule has 5 nitrogen and oxygen atoms in total. The summed E-state index contributed by atoms with van der Waals surface area (Å²) < 4.78 is 0. The molecule has 1 aromatic rings. The van der Waals surface area contributed by atoms with Gasteiger partial charge in [0.2, 0.25) is 0 Å². The number of nitrogens with one attached hydrogen (secondary N) is 1. The van der Waals surface area contributed by atoms with Crippen molar-refractivity contribution in [3.05, 3.63) is 29.8 Å². The number of anilines is 1. The van der Waals surface area contributed by atoms with Gasteiger partial charge >= 0.3 is 5.97 Å². The molecule has 1 aliphatic carbocycles. The average molecular weight is 276 g/mol. The Kier molecular flexibility index (Phi) is 3.97. The highest BCUT2D eigenvalue weighted by atomic mass is 16.4. The van der Waals surface area contributed by atoms with Crippen LogP contribution in [0.1, 0.15) is 43.0 Å². The molecule has 0 bridgehead atoms. The van der Waals surface area contributed by atoms with Gasteiger partial charge in [-0.3, -0.25) is 4.79 Å². The molecule has 0 radical (unpaired) electrons. The van der Waals surface area contributed by atoms with Crippen molar-refractivity contribution in [3.63, 3.8) is 0 Å². The van der Waals surface area contributed by atoms with E-state index in [0.717, 1.165) is 12.8 Å². The van der Waals surface area contributed by atoms with Gasteiger partial charge in [0.1, 0.15) is 5.54 Å². The zero-order valence-corrected chi connectivity index (χ0v) is 11.6. The molecule has 0 spiro atoms. The van der Waals surface area contributed by atoms with E-state index in [1.54, 1.807) is 24.3 Å². The molecule has 20 heavy (non-hydrogen) atoms. The van der Waals surface area contributed by atoms with Gasteiger partial charge in [0.25, 0.3) is 5.91 Å². The first-order valence-electron chi connectivity index (χ1n) is 6.84. The van der Waals surface area contributed by atoms with Gasteiger partial charge < -0.3 is 16.2 Å². The zero-order chi connectivity index (χ0) is 14.8. The van der Waals surface area contributed by atoms with Crippen LogP contribution < -0.4 is 11.1 Å². The fourth-order valence-electron chi connectivity index (χ4n) is 2.57. The van der Waals surface area contributed by atoms with Crippen LogP contribution in [0.5, 0.6) is 0 Å². The van der Waals surface area contributed by atoms with Crippen LogP contribution in [0.15, 0.2) is 24.3 Å². The summed E-state index contributed by atoms with van der Waals surface area (Å²) in [6, 6.07) is 6.47. The van der Waals surface area contributed by atoms with Gasteiger partial charge in [-0.1, -0.05) is 6.92 Å². The lowest BCUT2D eigenvalue weighted by molar-refractivity contribution is -0.146. The van der Waals surface area contributed by atoms with Crippen LogP contribution in [-0.4, -0.2) is 22.5 Å². The zero-order valence-electron chi connectivity index (χ0n) is 11.6. The number of benzene rings is 1. The third-order valence-electron chi connectivity index (χ3n) is 4.06. The summed E-state index contributed by atoms with van der Waals surface area (Å²) in [6.07, 6.45) is 2.58. The number of nitrogen functional groups attached to an aromatic ring is 1. The summed E-state index contributed by atoms with van der Waals surface area (Å²) in [6.45, 7) is 2.10. The molecule has 108 valence electrons. The summed E-state index contributed by atoms with van der Waals surface area (Å²) in [5.74, 6) is -0.800. The van der Waals surface area contributed by atoms with Crippen LogP contribution in [0.4, 0.5) is 5.69 Å². The quantitative estimate of drug-likeness (QED) is 0.736. The molecule has 1 aliphatic rings. The number of carboxylic acids is 1. The third kappa shape index (κ3) is 2.92.